The molecule has 2 aromatic carbocycles. The molecule has 4 heterocycles. The number of hydrogen-bond acceptors (Lipinski definition) is 10. The number of benzene rings is 2. The molecule has 2 aliphatic heterocycles. The van der Waals surface area contributed by atoms with Gasteiger partial charge in [0.2, 0.25) is 5.95 Å². The number of rotatable bonds is 4. The standard InChI is InChI=1S/C24H26N10O.ClH/c1-32-15-28-19-14-27-23(34-11-9-26-10-12-34)29-22(19)24(32,25)17-5-3-4-6-21(17)35-16-7-8-20-18(13-16)30-31-33(20)2;/h3-8,13-15,26H,9-12,25H2,1-2H3;1H. The molecule has 12 heteroatoms. The average Bonchev–Trinajstić information content (AvgIpc) is 3.27. The first-order valence-electron chi connectivity index (χ1n) is 11.5. The van der Waals surface area contributed by atoms with Gasteiger partial charge < -0.3 is 19.9 Å². The smallest absolute Gasteiger partial charge is 0.225 e. The maximum atomic E-state index is 7.19. The Hall–Kier alpha value is -3.80. The van der Waals surface area contributed by atoms with Gasteiger partial charge in [0.05, 0.1) is 18.1 Å². The van der Waals surface area contributed by atoms with Gasteiger partial charge in [0.25, 0.3) is 0 Å². The number of aliphatic imine (C=N–C) groups is 1. The molecule has 36 heavy (non-hydrogen) atoms. The number of hydrogen-bond donors (Lipinski definition) is 2. The van der Waals surface area contributed by atoms with Crippen molar-refractivity contribution >= 4 is 41.4 Å². The lowest BCUT2D eigenvalue weighted by molar-refractivity contribution is 0.259. The van der Waals surface area contributed by atoms with Crippen molar-refractivity contribution in [2.24, 2.45) is 17.8 Å². The molecule has 0 aliphatic carbocycles. The van der Waals surface area contributed by atoms with Gasteiger partial charge in [-0.2, -0.15) is 0 Å². The highest BCUT2D eigenvalue weighted by Gasteiger charge is 2.42. The molecule has 11 nitrogen and oxygen atoms in total. The first-order chi connectivity index (χ1) is 17.0. The second kappa shape index (κ2) is 9.34. The number of para-hydroxylation sites is 1. The molecule has 2 aromatic heterocycles. The molecule has 0 spiro atoms. The topological polar surface area (TPSA) is 123 Å². The van der Waals surface area contributed by atoms with Crippen LogP contribution in [0.25, 0.3) is 11.0 Å². The molecular weight excluding hydrogens is 480 g/mol. The summed E-state index contributed by atoms with van der Waals surface area (Å²) in [5.41, 5.74) is 9.79. The number of piperazine rings is 1. The number of anilines is 1. The van der Waals surface area contributed by atoms with E-state index in [1.807, 2.05) is 61.5 Å². The van der Waals surface area contributed by atoms with E-state index in [9.17, 15) is 0 Å². The number of nitrogens with one attached hydrogen (secondary N) is 1. The quantitative estimate of drug-likeness (QED) is 0.428. The molecule has 2 aliphatic rings. The Morgan fingerprint density at radius 1 is 1.08 bits per heavy atom. The number of ether oxygens (including phenoxy) is 1. The van der Waals surface area contributed by atoms with Gasteiger partial charge >= 0.3 is 0 Å². The van der Waals surface area contributed by atoms with E-state index in [0.717, 1.165) is 42.8 Å². The number of aromatic nitrogens is 5. The van der Waals surface area contributed by atoms with E-state index in [1.165, 1.54) is 0 Å². The van der Waals surface area contributed by atoms with Crippen molar-refractivity contribution in [2.45, 2.75) is 5.66 Å². The molecule has 1 fully saturated rings. The summed E-state index contributed by atoms with van der Waals surface area (Å²) in [6.07, 6.45) is 3.45. The van der Waals surface area contributed by atoms with Crippen molar-refractivity contribution in [1.82, 2.24) is 35.2 Å². The normalized spacial score (nSPS) is 19.2. The number of fused-ring (bicyclic) bond motifs is 2. The van der Waals surface area contributed by atoms with Gasteiger partial charge in [-0.25, -0.2) is 19.6 Å². The predicted molar refractivity (Wildman–Crippen MR) is 140 cm³/mol. The zero-order chi connectivity index (χ0) is 24.0. The Labute approximate surface area is 214 Å². The van der Waals surface area contributed by atoms with Crippen LogP contribution in [0, 0.1) is 0 Å². The number of halogens is 1. The molecule has 1 atom stereocenters. The minimum Gasteiger partial charge on any atom is -0.457 e. The van der Waals surface area contributed by atoms with Crippen molar-refractivity contribution in [3.8, 4) is 11.5 Å². The van der Waals surface area contributed by atoms with E-state index >= 15 is 0 Å². The molecule has 0 amide bonds. The summed E-state index contributed by atoms with van der Waals surface area (Å²) in [4.78, 5) is 18.1. The number of nitrogens with two attached hydrogens (primary N) is 1. The largest absolute Gasteiger partial charge is 0.457 e. The second-order valence-corrected chi connectivity index (χ2v) is 8.72. The highest BCUT2D eigenvalue weighted by molar-refractivity contribution is 5.85. The summed E-state index contributed by atoms with van der Waals surface area (Å²) in [5, 5.41) is 11.6. The fourth-order valence-corrected chi connectivity index (χ4v) is 4.56. The lowest BCUT2D eigenvalue weighted by Crippen LogP contribution is -2.54. The van der Waals surface area contributed by atoms with Gasteiger partial charge in [0, 0.05) is 51.9 Å². The van der Waals surface area contributed by atoms with Crippen LogP contribution in [0.2, 0.25) is 0 Å². The predicted octanol–water partition coefficient (Wildman–Crippen LogP) is 2.15. The van der Waals surface area contributed by atoms with E-state index in [2.05, 4.69) is 30.5 Å². The van der Waals surface area contributed by atoms with Crippen LogP contribution in [0.15, 0.2) is 53.7 Å². The molecule has 4 aromatic rings. The summed E-state index contributed by atoms with van der Waals surface area (Å²) in [6, 6.07) is 13.4. The maximum absolute atomic E-state index is 7.19. The second-order valence-electron chi connectivity index (χ2n) is 8.72. The third-order valence-electron chi connectivity index (χ3n) is 6.55. The zero-order valence-electron chi connectivity index (χ0n) is 20.0. The third-order valence-corrected chi connectivity index (χ3v) is 6.55. The van der Waals surface area contributed by atoms with Crippen LogP contribution in [0.1, 0.15) is 11.3 Å². The van der Waals surface area contributed by atoms with Crippen LogP contribution in [-0.2, 0) is 12.7 Å². The number of aryl methyl sites for hydroxylation is 1. The molecule has 0 bridgehead atoms. The Morgan fingerprint density at radius 2 is 1.89 bits per heavy atom. The van der Waals surface area contributed by atoms with Gasteiger partial charge in [-0.05, 0) is 18.2 Å². The molecule has 6 rings (SSSR count). The minimum absolute atomic E-state index is 0. The molecule has 186 valence electrons. The van der Waals surface area contributed by atoms with Crippen LogP contribution in [-0.4, -0.2) is 69.4 Å². The number of nitrogens with zero attached hydrogens (tertiary/aromatic N) is 8. The lowest BCUT2D eigenvalue weighted by atomic mass is 9.92. The Kier molecular flexibility index (Phi) is 6.20. The van der Waals surface area contributed by atoms with Gasteiger partial charge in [-0.3, -0.25) is 5.73 Å². The van der Waals surface area contributed by atoms with E-state index in [-0.39, 0.29) is 12.4 Å². The van der Waals surface area contributed by atoms with Gasteiger partial charge in [0.15, 0.2) is 5.66 Å². The summed E-state index contributed by atoms with van der Waals surface area (Å²) in [5.74, 6) is 1.91. The molecule has 0 saturated carbocycles. The van der Waals surface area contributed by atoms with Gasteiger partial charge in [-0.1, -0.05) is 23.4 Å². The molecule has 0 radical (unpaired) electrons. The summed E-state index contributed by atoms with van der Waals surface area (Å²) >= 11 is 0. The van der Waals surface area contributed by atoms with Gasteiger partial charge in [0.1, 0.15) is 28.4 Å². The van der Waals surface area contributed by atoms with Crippen LogP contribution in [0.4, 0.5) is 11.6 Å². The highest BCUT2D eigenvalue weighted by atomic mass is 35.5. The van der Waals surface area contributed by atoms with Gasteiger partial charge in [-0.15, -0.1) is 17.5 Å². The fraction of sp³-hybridized carbons (Fsp3) is 0.292. The van der Waals surface area contributed by atoms with Crippen LogP contribution in [0.5, 0.6) is 11.5 Å². The molecular formula is C24H27ClN10O. The third kappa shape index (κ3) is 3.91. The Bertz CT molecular complexity index is 1430. The Morgan fingerprint density at radius 3 is 2.72 bits per heavy atom. The molecule has 1 unspecified atom stereocenters. The van der Waals surface area contributed by atoms with Crippen molar-refractivity contribution in [1.29, 1.82) is 0 Å². The molecule has 3 N–H and O–H groups in total. The monoisotopic (exact) mass is 506 g/mol. The summed E-state index contributed by atoms with van der Waals surface area (Å²) in [7, 11) is 3.75. The van der Waals surface area contributed by atoms with Crippen molar-refractivity contribution in [2.75, 3.05) is 38.1 Å². The van der Waals surface area contributed by atoms with Crippen molar-refractivity contribution < 1.29 is 4.74 Å². The van der Waals surface area contributed by atoms with E-state index in [0.29, 0.717) is 28.8 Å². The summed E-state index contributed by atoms with van der Waals surface area (Å²) < 4.78 is 8.09. The van der Waals surface area contributed by atoms with Crippen LogP contribution in [0.3, 0.4) is 0 Å². The van der Waals surface area contributed by atoms with E-state index in [4.69, 9.17) is 15.5 Å². The molecule has 1 saturated heterocycles. The zero-order valence-corrected chi connectivity index (χ0v) is 20.8. The fourth-order valence-electron chi connectivity index (χ4n) is 4.56. The highest BCUT2D eigenvalue weighted by Crippen LogP contribution is 2.42. The SMILES string of the molecule is CN1C=Nc2cnc(N3CCNCC3)nc2C1(N)c1ccccc1Oc1ccc2c(c1)nnn2C.Cl. The van der Waals surface area contributed by atoms with Crippen molar-refractivity contribution in [3.05, 3.63) is 59.9 Å². The first kappa shape index (κ1) is 23.9. The van der Waals surface area contributed by atoms with Crippen LogP contribution >= 0.6 is 12.4 Å². The average molecular weight is 507 g/mol. The minimum atomic E-state index is -1.12. The van der Waals surface area contributed by atoms with Crippen LogP contribution < -0.4 is 20.7 Å². The first-order valence-corrected chi connectivity index (χ1v) is 11.5. The summed E-state index contributed by atoms with van der Waals surface area (Å²) in [6.45, 7) is 3.44. The Balaban J connectivity index is 0.00000267. The van der Waals surface area contributed by atoms with E-state index < -0.39 is 5.66 Å². The van der Waals surface area contributed by atoms with E-state index in [1.54, 1.807) is 17.2 Å². The lowest BCUT2D eigenvalue weighted by Gasteiger charge is -2.41. The maximum Gasteiger partial charge on any atom is 0.225 e. The van der Waals surface area contributed by atoms with Crippen molar-refractivity contribution in [3.63, 3.8) is 0 Å².